The van der Waals surface area contributed by atoms with Crippen molar-refractivity contribution in [2.24, 2.45) is 0 Å². The molecule has 8 heteroatoms. The minimum Gasteiger partial charge on any atom is -0.377 e. The molecule has 1 aliphatic rings. The van der Waals surface area contributed by atoms with Crippen molar-refractivity contribution in [3.63, 3.8) is 0 Å². The molecule has 30 heavy (non-hydrogen) atoms. The normalized spacial score (nSPS) is 21.7. The standard InChI is InChI=1S/C22H38BrNO3SSi2/c1-16(26-11-13-29(3,4)5)22(17(2)27-12-14-30(6,7)8)21(25)24-19-15-18(23)9-10-20(19)28-22/h9-10,15-17H,11-14H2,1-8H3,(H,24,25). The fraction of sp³-hybridized carbons (Fsp3) is 0.682. The van der Waals surface area contributed by atoms with Crippen LogP contribution in [-0.2, 0) is 14.3 Å². The van der Waals surface area contributed by atoms with Gasteiger partial charge in [0, 0.05) is 38.7 Å². The van der Waals surface area contributed by atoms with Crippen molar-refractivity contribution in [1.29, 1.82) is 0 Å². The quantitative estimate of drug-likeness (QED) is 0.340. The molecule has 0 aromatic heterocycles. The van der Waals surface area contributed by atoms with Gasteiger partial charge in [-0.25, -0.2) is 0 Å². The number of benzene rings is 1. The van der Waals surface area contributed by atoms with E-state index in [1.165, 1.54) is 0 Å². The minimum atomic E-state index is -1.21. The van der Waals surface area contributed by atoms with Gasteiger partial charge in [-0.2, -0.15) is 0 Å². The summed E-state index contributed by atoms with van der Waals surface area (Å²) in [4.78, 5) is 14.6. The number of rotatable bonds is 10. The molecule has 170 valence electrons. The number of carbonyl (C=O) groups excluding carboxylic acids is 1. The second kappa shape index (κ2) is 10.2. The van der Waals surface area contributed by atoms with Gasteiger partial charge in [0.1, 0.15) is 0 Å². The number of anilines is 1. The van der Waals surface area contributed by atoms with Gasteiger partial charge in [-0.15, -0.1) is 11.8 Å². The fourth-order valence-electron chi connectivity index (χ4n) is 3.33. The van der Waals surface area contributed by atoms with E-state index >= 15 is 0 Å². The van der Waals surface area contributed by atoms with Crippen LogP contribution in [0.4, 0.5) is 5.69 Å². The molecule has 1 aromatic rings. The Labute approximate surface area is 197 Å². The van der Waals surface area contributed by atoms with E-state index in [2.05, 4.69) is 66.6 Å². The van der Waals surface area contributed by atoms with Crippen molar-refractivity contribution in [2.75, 3.05) is 18.5 Å². The lowest BCUT2D eigenvalue weighted by Crippen LogP contribution is -2.59. The molecule has 2 rings (SSSR count). The first-order valence-electron chi connectivity index (χ1n) is 10.8. The van der Waals surface area contributed by atoms with Crippen LogP contribution in [0.3, 0.4) is 0 Å². The molecule has 2 unspecified atom stereocenters. The van der Waals surface area contributed by atoms with Gasteiger partial charge in [-0.3, -0.25) is 4.79 Å². The van der Waals surface area contributed by atoms with Gasteiger partial charge in [0.15, 0.2) is 4.75 Å². The van der Waals surface area contributed by atoms with Crippen molar-refractivity contribution in [2.45, 2.75) is 87.1 Å². The predicted octanol–water partition coefficient (Wildman–Crippen LogP) is 6.72. The maximum Gasteiger partial charge on any atom is 0.246 e. The van der Waals surface area contributed by atoms with E-state index in [0.717, 1.165) is 27.1 Å². The van der Waals surface area contributed by atoms with Crippen LogP contribution in [0.2, 0.25) is 51.4 Å². The van der Waals surface area contributed by atoms with Crippen LogP contribution in [0.15, 0.2) is 27.6 Å². The van der Waals surface area contributed by atoms with Gasteiger partial charge in [-0.05, 0) is 44.1 Å². The molecule has 2 atom stereocenters. The predicted molar refractivity (Wildman–Crippen MR) is 138 cm³/mol. The summed E-state index contributed by atoms with van der Waals surface area (Å²) in [6, 6.07) is 8.18. The molecule has 4 nitrogen and oxygen atoms in total. The molecule has 1 N–H and O–H groups in total. The second-order valence-corrected chi connectivity index (χ2v) is 24.1. The molecule has 0 bridgehead atoms. The van der Waals surface area contributed by atoms with Crippen molar-refractivity contribution in [3.8, 4) is 0 Å². The summed E-state index contributed by atoms with van der Waals surface area (Å²) in [6.45, 7) is 19.5. The highest BCUT2D eigenvalue weighted by molar-refractivity contribution is 9.10. The van der Waals surface area contributed by atoms with Crippen molar-refractivity contribution in [3.05, 3.63) is 22.7 Å². The number of thioether (sulfide) groups is 1. The van der Waals surface area contributed by atoms with E-state index < -0.39 is 20.9 Å². The van der Waals surface area contributed by atoms with E-state index in [0.29, 0.717) is 13.2 Å². The van der Waals surface area contributed by atoms with Crippen LogP contribution in [0, 0.1) is 0 Å². The largest absolute Gasteiger partial charge is 0.377 e. The Bertz CT molecular complexity index is 723. The Morgan fingerprint density at radius 2 is 1.50 bits per heavy atom. The molecular weight excluding hydrogens is 494 g/mol. The summed E-state index contributed by atoms with van der Waals surface area (Å²) in [5, 5.41) is 3.13. The van der Waals surface area contributed by atoms with E-state index in [1.54, 1.807) is 11.8 Å². The van der Waals surface area contributed by atoms with Crippen molar-refractivity contribution in [1.82, 2.24) is 0 Å². The van der Waals surface area contributed by atoms with Crippen LogP contribution < -0.4 is 5.32 Å². The van der Waals surface area contributed by atoms with E-state index in [-0.39, 0.29) is 18.1 Å². The third-order valence-electron chi connectivity index (χ3n) is 5.47. The number of nitrogens with one attached hydrogen (secondary N) is 1. The molecular formula is C22H38BrNO3SSi2. The SMILES string of the molecule is CC(OCC[Si](C)(C)C)C1(C(C)OCC[Si](C)(C)C)Sc2ccc(Br)cc2NC1=O. The highest BCUT2D eigenvalue weighted by Gasteiger charge is 2.53. The summed E-state index contributed by atoms with van der Waals surface area (Å²) < 4.78 is 12.8. The van der Waals surface area contributed by atoms with E-state index in [4.69, 9.17) is 9.47 Å². The molecule has 1 heterocycles. The van der Waals surface area contributed by atoms with E-state index in [9.17, 15) is 4.79 Å². The number of fused-ring (bicyclic) bond motifs is 1. The highest BCUT2D eigenvalue weighted by Crippen LogP contribution is 2.48. The van der Waals surface area contributed by atoms with Crippen molar-refractivity contribution < 1.29 is 14.3 Å². The summed E-state index contributed by atoms with van der Waals surface area (Å²) in [5.74, 6) is -0.0286. The zero-order chi connectivity index (χ0) is 22.7. The molecule has 0 fully saturated rings. The molecule has 1 aromatic carbocycles. The number of halogens is 1. The smallest absolute Gasteiger partial charge is 0.246 e. The lowest BCUT2D eigenvalue weighted by Gasteiger charge is -2.44. The third kappa shape index (κ3) is 6.94. The molecule has 0 radical (unpaired) electrons. The lowest BCUT2D eigenvalue weighted by atomic mass is 9.94. The first-order chi connectivity index (χ1) is 13.7. The molecule has 0 saturated heterocycles. The van der Waals surface area contributed by atoms with Crippen molar-refractivity contribution >= 4 is 55.4 Å². The average molecular weight is 533 g/mol. The summed E-state index contributed by atoms with van der Waals surface area (Å²) >= 11 is 5.09. The first kappa shape index (κ1) is 26.1. The van der Waals surface area contributed by atoms with E-state index in [1.807, 2.05) is 26.0 Å². The Hall–Kier alpha value is -0.126. The summed E-state index contributed by atoms with van der Waals surface area (Å²) in [7, 11) is -2.42. The van der Waals surface area contributed by atoms with Gasteiger partial charge in [0.2, 0.25) is 5.91 Å². The fourth-order valence-corrected chi connectivity index (χ4v) is 6.49. The zero-order valence-corrected chi connectivity index (χ0v) is 24.1. The lowest BCUT2D eigenvalue weighted by molar-refractivity contribution is -0.128. The topological polar surface area (TPSA) is 47.6 Å². The van der Waals surface area contributed by atoms with Gasteiger partial charge in [0.05, 0.1) is 17.9 Å². The van der Waals surface area contributed by atoms with Crippen LogP contribution in [0.5, 0.6) is 0 Å². The molecule has 0 aliphatic carbocycles. The Morgan fingerprint density at radius 1 is 1.00 bits per heavy atom. The molecule has 1 aliphatic heterocycles. The summed E-state index contributed by atoms with van der Waals surface area (Å²) in [6.07, 6.45) is -0.532. The zero-order valence-electron chi connectivity index (χ0n) is 19.7. The Balaban J connectivity index is 2.27. The third-order valence-corrected chi connectivity index (χ3v) is 11.1. The van der Waals surface area contributed by atoms with Gasteiger partial charge < -0.3 is 14.8 Å². The Morgan fingerprint density at radius 3 is 1.97 bits per heavy atom. The van der Waals surface area contributed by atoms with Gasteiger partial charge in [-0.1, -0.05) is 55.2 Å². The van der Waals surface area contributed by atoms with Crippen LogP contribution in [0.25, 0.3) is 0 Å². The second-order valence-electron chi connectivity index (χ2n) is 10.6. The van der Waals surface area contributed by atoms with Crippen LogP contribution in [0.1, 0.15) is 13.8 Å². The maximum absolute atomic E-state index is 13.5. The number of hydrogen-bond donors (Lipinski definition) is 1. The number of amides is 1. The average Bonchev–Trinajstić information content (AvgIpc) is 2.58. The van der Waals surface area contributed by atoms with Crippen LogP contribution in [-0.4, -0.2) is 52.2 Å². The number of carbonyl (C=O) groups is 1. The first-order valence-corrected chi connectivity index (χ1v) is 19.8. The van der Waals surface area contributed by atoms with Gasteiger partial charge in [0.25, 0.3) is 0 Å². The highest BCUT2D eigenvalue weighted by atomic mass is 79.9. The Kier molecular flexibility index (Phi) is 8.89. The summed E-state index contributed by atoms with van der Waals surface area (Å²) in [5.41, 5.74) is 0.846. The monoisotopic (exact) mass is 531 g/mol. The number of ether oxygens (including phenoxy) is 2. The van der Waals surface area contributed by atoms with Gasteiger partial charge >= 0.3 is 0 Å². The molecule has 0 spiro atoms. The maximum atomic E-state index is 13.5. The number of hydrogen-bond acceptors (Lipinski definition) is 4. The van der Waals surface area contributed by atoms with Crippen LogP contribution >= 0.6 is 27.7 Å². The molecule has 0 saturated carbocycles. The molecule has 1 amide bonds. The minimum absolute atomic E-state index is 0.0286.